The molecule has 1 saturated heterocycles. The fourth-order valence-electron chi connectivity index (χ4n) is 3.44. The number of rotatable bonds is 6. The van der Waals surface area contributed by atoms with Gasteiger partial charge in [0, 0.05) is 43.3 Å². The molecule has 1 amide bonds. The van der Waals surface area contributed by atoms with Gasteiger partial charge in [-0.2, -0.15) is 4.37 Å². The third-order valence-electron chi connectivity index (χ3n) is 5.16. The number of alkyl halides is 3. The molecule has 0 atom stereocenters. The number of hydrogen-bond acceptors (Lipinski definition) is 8. The SMILES string of the molecule is Cc1oc(-c2cccc(OC(F)(F)F)c2)cc1C(=O)Nc1nc(CN2CCN(C)CC2)ns1. The van der Waals surface area contributed by atoms with Gasteiger partial charge in [-0.1, -0.05) is 12.1 Å². The Bertz CT molecular complexity index is 1120. The van der Waals surface area contributed by atoms with E-state index < -0.39 is 12.3 Å². The maximum absolute atomic E-state index is 12.7. The molecule has 0 saturated carbocycles. The fraction of sp³-hybridized carbons (Fsp3) is 0.381. The van der Waals surface area contributed by atoms with Crippen LogP contribution in [0.4, 0.5) is 18.3 Å². The number of ether oxygens (including phenoxy) is 1. The van der Waals surface area contributed by atoms with Gasteiger partial charge in [-0.25, -0.2) is 4.98 Å². The van der Waals surface area contributed by atoms with Crippen LogP contribution < -0.4 is 10.1 Å². The average Bonchev–Trinajstić information content (AvgIpc) is 3.35. The lowest BCUT2D eigenvalue weighted by molar-refractivity contribution is -0.274. The highest BCUT2D eigenvalue weighted by atomic mass is 32.1. The van der Waals surface area contributed by atoms with Crippen molar-refractivity contribution in [2.75, 3.05) is 38.5 Å². The molecule has 1 aliphatic heterocycles. The van der Waals surface area contributed by atoms with Crippen molar-refractivity contribution in [3.63, 3.8) is 0 Å². The van der Waals surface area contributed by atoms with E-state index in [1.54, 1.807) is 13.0 Å². The Morgan fingerprint density at radius 3 is 2.73 bits per heavy atom. The molecule has 3 aromatic rings. The Hall–Kier alpha value is -2.96. The molecule has 8 nitrogen and oxygen atoms in total. The van der Waals surface area contributed by atoms with Crippen LogP contribution in [-0.4, -0.2) is 64.7 Å². The van der Waals surface area contributed by atoms with E-state index in [1.807, 2.05) is 0 Å². The summed E-state index contributed by atoms with van der Waals surface area (Å²) in [4.78, 5) is 21.7. The highest BCUT2D eigenvalue weighted by Crippen LogP contribution is 2.31. The predicted molar refractivity (Wildman–Crippen MR) is 116 cm³/mol. The van der Waals surface area contributed by atoms with Crippen molar-refractivity contribution < 1.29 is 27.1 Å². The number of anilines is 1. The maximum Gasteiger partial charge on any atom is 0.573 e. The Morgan fingerprint density at radius 2 is 2.00 bits per heavy atom. The van der Waals surface area contributed by atoms with Crippen LogP contribution in [-0.2, 0) is 6.54 Å². The topological polar surface area (TPSA) is 83.7 Å². The van der Waals surface area contributed by atoms with Crippen LogP contribution in [0.1, 0.15) is 21.9 Å². The van der Waals surface area contributed by atoms with Crippen molar-refractivity contribution in [1.29, 1.82) is 0 Å². The number of halogens is 3. The Balaban J connectivity index is 1.42. The molecule has 1 fully saturated rings. The Kier molecular flexibility index (Phi) is 6.68. The van der Waals surface area contributed by atoms with Crippen LogP contribution in [0.3, 0.4) is 0 Å². The average molecular weight is 482 g/mol. The molecule has 1 N–H and O–H groups in total. The largest absolute Gasteiger partial charge is 0.573 e. The molecule has 0 spiro atoms. The zero-order valence-corrected chi connectivity index (χ0v) is 18.8. The van der Waals surface area contributed by atoms with Gasteiger partial charge in [-0.3, -0.25) is 15.0 Å². The molecule has 3 heterocycles. The van der Waals surface area contributed by atoms with Crippen LogP contribution in [0.2, 0.25) is 0 Å². The van der Waals surface area contributed by atoms with Gasteiger partial charge in [0.2, 0.25) is 5.13 Å². The minimum atomic E-state index is -4.80. The van der Waals surface area contributed by atoms with E-state index in [0.717, 1.165) is 37.7 Å². The van der Waals surface area contributed by atoms with E-state index in [4.69, 9.17) is 4.42 Å². The van der Waals surface area contributed by atoms with Crippen molar-refractivity contribution in [3.05, 3.63) is 47.5 Å². The second-order valence-corrected chi connectivity index (χ2v) is 8.46. The predicted octanol–water partition coefficient (Wildman–Crippen LogP) is 4.00. The first-order valence-electron chi connectivity index (χ1n) is 10.2. The normalized spacial score (nSPS) is 15.5. The van der Waals surface area contributed by atoms with E-state index in [9.17, 15) is 18.0 Å². The monoisotopic (exact) mass is 481 g/mol. The van der Waals surface area contributed by atoms with Gasteiger partial charge in [0.1, 0.15) is 17.3 Å². The lowest BCUT2D eigenvalue weighted by atomic mass is 10.1. The molecule has 12 heteroatoms. The summed E-state index contributed by atoms with van der Waals surface area (Å²) in [6, 6.07) is 6.84. The number of nitrogens with zero attached hydrogens (tertiary/aromatic N) is 4. The summed E-state index contributed by atoms with van der Waals surface area (Å²) in [7, 11) is 2.09. The Morgan fingerprint density at radius 1 is 1.24 bits per heavy atom. The molecule has 176 valence electrons. The third-order valence-corrected chi connectivity index (χ3v) is 5.83. The number of carbonyl (C=O) groups excluding carboxylic acids is 1. The Labute approximate surface area is 192 Å². The summed E-state index contributed by atoms with van der Waals surface area (Å²) >= 11 is 1.09. The quantitative estimate of drug-likeness (QED) is 0.570. The van der Waals surface area contributed by atoms with Gasteiger partial charge in [0.25, 0.3) is 5.91 Å². The van der Waals surface area contributed by atoms with E-state index >= 15 is 0 Å². The number of aryl methyl sites for hydroxylation is 1. The second-order valence-electron chi connectivity index (χ2n) is 7.71. The number of amides is 1. The van der Waals surface area contributed by atoms with E-state index in [1.165, 1.54) is 24.3 Å². The molecule has 0 unspecified atom stereocenters. The van der Waals surface area contributed by atoms with Crippen LogP contribution in [0.15, 0.2) is 34.7 Å². The summed E-state index contributed by atoms with van der Waals surface area (Å²) in [6.45, 7) is 6.06. The van der Waals surface area contributed by atoms with Gasteiger partial charge < -0.3 is 14.1 Å². The maximum atomic E-state index is 12.7. The van der Waals surface area contributed by atoms with Gasteiger partial charge in [0.15, 0.2) is 5.82 Å². The number of carbonyl (C=O) groups is 1. The summed E-state index contributed by atoms with van der Waals surface area (Å²) in [5, 5.41) is 3.08. The number of nitrogens with one attached hydrogen (secondary N) is 1. The molecule has 1 aliphatic rings. The van der Waals surface area contributed by atoms with Crippen molar-refractivity contribution in [2.45, 2.75) is 19.8 Å². The minimum absolute atomic E-state index is 0.248. The molecule has 4 rings (SSSR count). The number of benzene rings is 1. The number of furan rings is 1. The number of aromatic nitrogens is 2. The van der Waals surface area contributed by atoms with Crippen LogP contribution in [0.5, 0.6) is 5.75 Å². The van der Waals surface area contributed by atoms with E-state index in [-0.39, 0.29) is 17.1 Å². The van der Waals surface area contributed by atoms with Crippen LogP contribution in [0, 0.1) is 6.92 Å². The smallest absolute Gasteiger partial charge is 0.461 e. The van der Waals surface area contributed by atoms with Gasteiger partial charge in [-0.15, -0.1) is 13.2 Å². The second kappa shape index (κ2) is 9.49. The van der Waals surface area contributed by atoms with Crippen LogP contribution in [0.25, 0.3) is 11.3 Å². The summed E-state index contributed by atoms with van der Waals surface area (Å²) < 4.78 is 51.4. The first-order chi connectivity index (χ1) is 15.7. The summed E-state index contributed by atoms with van der Waals surface area (Å²) in [6.07, 6.45) is -4.80. The highest BCUT2D eigenvalue weighted by Gasteiger charge is 2.31. The lowest BCUT2D eigenvalue weighted by Crippen LogP contribution is -2.44. The van der Waals surface area contributed by atoms with Crippen LogP contribution >= 0.6 is 11.5 Å². The van der Waals surface area contributed by atoms with E-state index in [2.05, 4.69) is 36.3 Å². The fourth-order valence-corrected chi connectivity index (χ4v) is 4.01. The molecular weight excluding hydrogens is 459 g/mol. The van der Waals surface area contributed by atoms with Gasteiger partial charge in [-0.05, 0) is 32.2 Å². The first-order valence-corrected chi connectivity index (χ1v) is 10.9. The number of hydrogen-bond donors (Lipinski definition) is 1. The summed E-state index contributed by atoms with van der Waals surface area (Å²) in [5.74, 6) is 0.408. The van der Waals surface area contributed by atoms with E-state index in [0.29, 0.717) is 28.8 Å². The molecule has 0 radical (unpaired) electrons. The minimum Gasteiger partial charge on any atom is -0.461 e. The van der Waals surface area contributed by atoms with Crippen molar-refractivity contribution in [1.82, 2.24) is 19.2 Å². The van der Waals surface area contributed by atoms with Crippen molar-refractivity contribution in [2.24, 2.45) is 0 Å². The van der Waals surface area contributed by atoms with Crippen molar-refractivity contribution >= 4 is 22.6 Å². The molecular formula is C21H22F3N5O3S. The number of likely N-dealkylation sites (N-methyl/N-ethyl adjacent to an activating group) is 1. The molecule has 33 heavy (non-hydrogen) atoms. The zero-order valence-electron chi connectivity index (χ0n) is 18.0. The van der Waals surface area contributed by atoms with Crippen molar-refractivity contribution in [3.8, 4) is 17.1 Å². The molecule has 0 bridgehead atoms. The molecule has 2 aromatic heterocycles. The number of piperazine rings is 1. The third kappa shape index (κ3) is 6.09. The highest BCUT2D eigenvalue weighted by molar-refractivity contribution is 7.09. The van der Waals surface area contributed by atoms with Gasteiger partial charge in [0.05, 0.1) is 12.1 Å². The molecule has 0 aliphatic carbocycles. The zero-order chi connectivity index (χ0) is 23.6. The standard InChI is InChI=1S/C21H22F3N5O3S/c1-13-16(11-17(31-13)14-4-3-5-15(10-14)32-21(22,23)24)19(30)26-20-25-18(27-33-20)12-29-8-6-28(2)7-9-29/h3-5,10-11H,6-9,12H2,1-2H3,(H,25,26,27,30). The summed E-state index contributed by atoms with van der Waals surface area (Å²) in [5.41, 5.74) is 0.604. The van der Waals surface area contributed by atoms with Gasteiger partial charge >= 0.3 is 6.36 Å². The first kappa shape index (κ1) is 23.2. The molecule has 1 aromatic carbocycles. The lowest BCUT2D eigenvalue weighted by Gasteiger charge is -2.31.